The minimum atomic E-state index is 0.167. The van der Waals surface area contributed by atoms with Crippen LogP contribution in [-0.4, -0.2) is 34.8 Å². The standard InChI is InChI=1S/C19H27N3O2S/c23-17(13-7-8-13)20-10-16-12-25-18(21-16)15-6-3-9-22(11-15)19(24)14-4-1-2-5-14/h12-15H,1-11H2,(H,20,23). The highest BCUT2D eigenvalue weighted by Crippen LogP contribution is 2.33. The molecule has 4 rings (SSSR count). The fraction of sp³-hybridized carbons (Fsp3) is 0.737. The zero-order chi connectivity index (χ0) is 17.2. The summed E-state index contributed by atoms with van der Waals surface area (Å²) in [5.74, 6) is 1.41. The van der Waals surface area contributed by atoms with Crippen LogP contribution in [0, 0.1) is 11.8 Å². The van der Waals surface area contributed by atoms with Gasteiger partial charge >= 0.3 is 0 Å². The van der Waals surface area contributed by atoms with Gasteiger partial charge in [0, 0.05) is 36.2 Å². The average molecular weight is 362 g/mol. The van der Waals surface area contributed by atoms with E-state index in [9.17, 15) is 9.59 Å². The number of carbonyl (C=O) groups is 2. The third kappa shape index (κ3) is 4.05. The summed E-state index contributed by atoms with van der Waals surface area (Å²) in [5.41, 5.74) is 0.952. The summed E-state index contributed by atoms with van der Waals surface area (Å²) in [4.78, 5) is 31.3. The predicted molar refractivity (Wildman–Crippen MR) is 97.2 cm³/mol. The number of nitrogens with zero attached hydrogens (tertiary/aromatic N) is 2. The molecule has 2 aliphatic carbocycles. The number of carbonyl (C=O) groups excluding carboxylic acids is 2. The van der Waals surface area contributed by atoms with Crippen molar-refractivity contribution in [1.29, 1.82) is 0 Å². The molecule has 5 nitrogen and oxygen atoms in total. The molecular formula is C19H27N3O2S. The average Bonchev–Trinajstić information content (AvgIpc) is 3.15. The molecule has 0 radical (unpaired) electrons. The smallest absolute Gasteiger partial charge is 0.225 e. The molecule has 0 spiro atoms. The molecule has 1 aliphatic heterocycles. The Morgan fingerprint density at radius 3 is 2.68 bits per heavy atom. The Labute approximate surface area is 153 Å². The van der Waals surface area contributed by atoms with Gasteiger partial charge in [0.2, 0.25) is 11.8 Å². The van der Waals surface area contributed by atoms with Gasteiger partial charge in [-0.1, -0.05) is 12.8 Å². The molecule has 1 N–H and O–H groups in total. The Bertz CT molecular complexity index is 634. The van der Waals surface area contributed by atoms with E-state index in [2.05, 4.69) is 15.6 Å². The van der Waals surface area contributed by atoms with E-state index >= 15 is 0 Å². The van der Waals surface area contributed by atoms with Crippen LogP contribution in [0.15, 0.2) is 5.38 Å². The molecule has 136 valence electrons. The van der Waals surface area contributed by atoms with Gasteiger partial charge in [-0.3, -0.25) is 9.59 Å². The number of aromatic nitrogens is 1. The highest BCUT2D eigenvalue weighted by molar-refractivity contribution is 7.09. The fourth-order valence-corrected chi connectivity index (χ4v) is 5.02. The van der Waals surface area contributed by atoms with Crippen molar-refractivity contribution >= 4 is 23.2 Å². The van der Waals surface area contributed by atoms with E-state index in [1.54, 1.807) is 11.3 Å². The molecule has 1 unspecified atom stereocenters. The van der Waals surface area contributed by atoms with Gasteiger partial charge in [0.15, 0.2) is 0 Å². The third-order valence-electron chi connectivity index (χ3n) is 5.75. The molecule has 6 heteroatoms. The van der Waals surface area contributed by atoms with Crippen molar-refractivity contribution in [2.75, 3.05) is 13.1 Å². The summed E-state index contributed by atoms with van der Waals surface area (Å²) in [5, 5.41) is 6.16. The summed E-state index contributed by atoms with van der Waals surface area (Å²) in [7, 11) is 0. The normalized spacial score (nSPS) is 24.5. The number of thiazole rings is 1. The second-order valence-corrected chi connectivity index (χ2v) is 8.66. The lowest BCUT2D eigenvalue weighted by Gasteiger charge is -2.33. The minimum Gasteiger partial charge on any atom is -0.350 e. The van der Waals surface area contributed by atoms with Crippen molar-refractivity contribution < 1.29 is 9.59 Å². The maximum Gasteiger partial charge on any atom is 0.225 e. The second-order valence-electron chi connectivity index (χ2n) is 7.77. The van der Waals surface area contributed by atoms with Crippen molar-refractivity contribution in [1.82, 2.24) is 15.2 Å². The Hall–Kier alpha value is -1.43. The molecule has 1 aromatic rings. The fourth-order valence-electron chi connectivity index (χ4n) is 4.07. The monoisotopic (exact) mass is 361 g/mol. The largest absolute Gasteiger partial charge is 0.350 e. The molecular weight excluding hydrogens is 334 g/mol. The zero-order valence-corrected chi connectivity index (χ0v) is 15.5. The first-order chi connectivity index (χ1) is 12.2. The molecule has 1 aromatic heterocycles. The van der Waals surface area contributed by atoms with Crippen LogP contribution in [0.1, 0.15) is 68.0 Å². The van der Waals surface area contributed by atoms with Gasteiger partial charge in [-0.2, -0.15) is 0 Å². The van der Waals surface area contributed by atoms with Gasteiger partial charge in [-0.25, -0.2) is 4.98 Å². The van der Waals surface area contributed by atoms with Crippen LogP contribution in [0.25, 0.3) is 0 Å². The Kier molecular flexibility index (Phi) is 5.06. The Balaban J connectivity index is 1.33. The number of hydrogen-bond acceptors (Lipinski definition) is 4. The first-order valence-corrected chi connectivity index (χ1v) is 10.6. The summed E-state index contributed by atoms with van der Waals surface area (Å²) in [6.07, 6.45) is 8.78. The first-order valence-electron chi connectivity index (χ1n) is 9.71. The van der Waals surface area contributed by atoms with E-state index in [1.165, 1.54) is 12.8 Å². The van der Waals surface area contributed by atoms with Gasteiger partial charge in [-0.15, -0.1) is 11.3 Å². The number of likely N-dealkylation sites (tertiary alicyclic amines) is 1. The van der Waals surface area contributed by atoms with Crippen molar-refractivity contribution in [3.63, 3.8) is 0 Å². The lowest BCUT2D eigenvalue weighted by Crippen LogP contribution is -2.41. The van der Waals surface area contributed by atoms with E-state index in [1.807, 2.05) is 0 Å². The van der Waals surface area contributed by atoms with Crippen LogP contribution >= 0.6 is 11.3 Å². The van der Waals surface area contributed by atoms with Crippen LogP contribution in [-0.2, 0) is 16.1 Å². The number of rotatable bonds is 5. The number of amides is 2. The lowest BCUT2D eigenvalue weighted by molar-refractivity contribution is -0.136. The van der Waals surface area contributed by atoms with E-state index in [-0.39, 0.29) is 17.7 Å². The summed E-state index contributed by atoms with van der Waals surface area (Å²) in [6.45, 7) is 2.25. The Morgan fingerprint density at radius 2 is 1.92 bits per heavy atom. The quantitative estimate of drug-likeness (QED) is 0.877. The van der Waals surface area contributed by atoms with E-state index in [0.717, 1.165) is 62.3 Å². The van der Waals surface area contributed by atoms with Crippen LogP contribution in [0.2, 0.25) is 0 Å². The molecule has 3 fully saturated rings. The topological polar surface area (TPSA) is 62.3 Å². The molecule has 1 saturated heterocycles. The molecule has 2 heterocycles. The summed E-state index contributed by atoms with van der Waals surface area (Å²) >= 11 is 1.68. The SMILES string of the molecule is O=C(NCc1csc(C2CCCN(C(=O)C3CCCC3)C2)n1)C1CC1. The molecule has 0 aromatic carbocycles. The number of hydrogen-bond donors (Lipinski definition) is 1. The van der Waals surface area contributed by atoms with Gasteiger partial charge in [0.1, 0.15) is 0 Å². The van der Waals surface area contributed by atoms with E-state index < -0.39 is 0 Å². The molecule has 2 saturated carbocycles. The molecule has 2 amide bonds. The van der Waals surface area contributed by atoms with E-state index in [0.29, 0.717) is 18.4 Å². The van der Waals surface area contributed by atoms with Crippen LogP contribution in [0.5, 0.6) is 0 Å². The number of nitrogens with one attached hydrogen (secondary N) is 1. The maximum absolute atomic E-state index is 12.7. The van der Waals surface area contributed by atoms with Crippen LogP contribution < -0.4 is 5.32 Å². The van der Waals surface area contributed by atoms with Gasteiger partial charge in [0.05, 0.1) is 17.2 Å². The van der Waals surface area contributed by atoms with Gasteiger partial charge in [0.25, 0.3) is 0 Å². The molecule has 0 bridgehead atoms. The van der Waals surface area contributed by atoms with Gasteiger partial charge in [-0.05, 0) is 38.5 Å². The Morgan fingerprint density at radius 1 is 1.12 bits per heavy atom. The molecule has 1 atom stereocenters. The first kappa shape index (κ1) is 17.0. The third-order valence-corrected chi connectivity index (χ3v) is 6.80. The van der Waals surface area contributed by atoms with E-state index in [4.69, 9.17) is 4.98 Å². The second kappa shape index (κ2) is 7.44. The van der Waals surface area contributed by atoms with Crippen LogP contribution in [0.3, 0.4) is 0 Å². The summed E-state index contributed by atoms with van der Waals surface area (Å²) < 4.78 is 0. The lowest BCUT2D eigenvalue weighted by atomic mass is 9.96. The summed E-state index contributed by atoms with van der Waals surface area (Å²) in [6, 6.07) is 0. The van der Waals surface area contributed by atoms with Crippen molar-refractivity contribution in [3.05, 3.63) is 16.1 Å². The van der Waals surface area contributed by atoms with Crippen molar-refractivity contribution in [2.24, 2.45) is 11.8 Å². The maximum atomic E-state index is 12.7. The van der Waals surface area contributed by atoms with Crippen LogP contribution in [0.4, 0.5) is 0 Å². The molecule has 3 aliphatic rings. The minimum absolute atomic E-state index is 0.167. The van der Waals surface area contributed by atoms with Crippen molar-refractivity contribution in [2.45, 2.75) is 63.8 Å². The number of piperidine rings is 1. The highest BCUT2D eigenvalue weighted by Gasteiger charge is 2.32. The van der Waals surface area contributed by atoms with Gasteiger partial charge < -0.3 is 10.2 Å². The molecule has 25 heavy (non-hydrogen) atoms. The zero-order valence-electron chi connectivity index (χ0n) is 14.7. The highest BCUT2D eigenvalue weighted by atomic mass is 32.1. The van der Waals surface area contributed by atoms with Crippen molar-refractivity contribution in [3.8, 4) is 0 Å². The predicted octanol–water partition coefficient (Wildman–Crippen LogP) is 3.07.